The maximum absolute atomic E-state index is 12.8. The van der Waals surface area contributed by atoms with Gasteiger partial charge in [-0.3, -0.25) is 9.47 Å². The number of hydrogen-bond donors (Lipinski definition) is 0. The van der Waals surface area contributed by atoms with Gasteiger partial charge in [0.1, 0.15) is 24.7 Å². The highest BCUT2D eigenvalue weighted by atomic mass is 19.4. The van der Waals surface area contributed by atoms with Crippen molar-refractivity contribution in [3.63, 3.8) is 0 Å². The van der Waals surface area contributed by atoms with Crippen LogP contribution in [0, 0.1) is 10.1 Å². The summed E-state index contributed by atoms with van der Waals surface area (Å²) in [5.74, 6) is 0.524. The van der Waals surface area contributed by atoms with Gasteiger partial charge in [0.25, 0.3) is 0 Å². The van der Waals surface area contributed by atoms with Crippen molar-refractivity contribution in [2.24, 2.45) is 0 Å². The minimum Gasteiger partial charge on any atom is -0.490 e. The molecule has 1 aromatic heterocycles. The number of alkyl halides is 3. The van der Waals surface area contributed by atoms with Gasteiger partial charge in [0, 0.05) is 56.4 Å². The van der Waals surface area contributed by atoms with Crippen LogP contribution in [0.1, 0.15) is 28.7 Å². The summed E-state index contributed by atoms with van der Waals surface area (Å²) >= 11 is 0. The lowest BCUT2D eigenvalue weighted by molar-refractivity contribution is -0.389. The van der Waals surface area contributed by atoms with Crippen LogP contribution in [0.5, 0.6) is 11.8 Å². The molecule has 9 nitrogen and oxygen atoms in total. The number of ether oxygens (including phenoxy) is 2. The molecule has 6 rings (SSSR count). The number of anilines is 1. The zero-order valence-corrected chi connectivity index (χ0v) is 24.7. The van der Waals surface area contributed by atoms with Crippen molar-refractivity contribution in [1.82, 2.24) is 14.5 Å². The molecule has 0 unspecified atom stereocenters. The average Bonchev–Trinajstić information content (AvgIpc) is 3.48. The van der Waals surface area contributed by atoms with E-state index in [1.54, 1.807) is 16.7 Å². The van der Waals surface area contributed by atoms with E-state index in [9.17, 15) is 23.3 Å². The fraction of sp³-hybridized carbons (Fsp3) is 0.364. The molecule has 0 amide bonds. The third kappa shape index (κ3) is 7.75. The first-order chi connectivity index (χ1) is 21.7. The van der Waals surface area contributed by atoms with Crippen LogP contribution in [0.15, 0.2) is 79.0 Å². The summed E-state index contributed by atoms with van der Waals surface area (Å²) in [6.07, 6.45) is -0.984. The molecule has 0 radical (unpaired) electrons. The summed E-state index contributed by atoms with van der Waals surface area (Å²) in [5, 5.41) is 11.0. The Labute approximate surface area is 259 Å². The maximum Gasteiger partial charge on any atom is 0.416 e. The molecule has 1 fully saturated rings. The molecule has 4 aromatic rings. The third-order valence-corrected chi connectivity index (χ3v) is 8.30. The van der Waals surface area contributed by atoms with E-state index in [0.29, 0.717) is 26.0 Å². The lowest BCUT2D eigenvalue weighted by Crippen LogP contribution is -2.45. The number of nitrogens with zero attached hydrogens (tertiary/aromatic N) is 5. The fourth-order valence-electron chi connectivity index (χ4n) is 5.66. The molecule has 0 N–H and O–H groups in total. The van der Waals surface area contributed by atoms with Crippen LogP contribution in [0.2, 0.25) is 0 Å². The maximum atomic E-state index is 12.8. The predicted molar refractivity (Wildman–Crippen MR) is 163 cm³/mol. The van der Waals surface area contributed by atoms with Crippen LogP contribution in [0.3, 0.4) is 0 Å². The SMILES string of the molecule is O=[N+]([O-])c1cn2c(n1)O[C@H](COc1ccc(N3CCN(Cc4ccc(CCc5ccc(C(F)(F)F)cc5)cc4)CC3)cc1)CC2. The number of nitro groups is 1. The summed E-state index contributed by atoms with van der Waals surface area (Å²) in [6.45, 7) is 5.52. The molecule has 2 aliphatic heterocycles. The van der Waals surface area contributed by atoms with E-state index in [1.807, 2.05) is 12.1 Å². The Balaban J connectivity index is 0.914. The van der Waals surface area contributed by atoms with Gasteiger partial charge in [-0.25, -0.2) is 0 Å². The summed E-state index contributed by atoms with van der Waals surface area (Å²) in [7, 11) is 0. The standard InChI is InChI=1S/C33H34F3N5O4/c34-33(35,36)27-9-7-25(8-10-27)2-1-24-3-5-26(6-4-24)21-38-17-19-39(20-18-38)28-11-13-29(14-12-28)44-23-30-15-16-40-22-31(41(42)43)37-32(40)45-30/h3-14,22,30H,1-2,15-21,23H2/t30-/m0/s1. The Morgan fingerprint density at radius 2 is 1.49 bits per heavy atom. The van der Waals surface area contributed by atoms with Crippen molar-refractivity contribution in [2.75, 3.05) is 37.7 Å². The molecule has 236 valence electrons. The number of benzene rings is 3. The Morgan fingerprint density at radius 3 is 2.11 bits per heavy atom. The summed E-state index contributed by atoms with van der Waals surface area (Å²) in [4.78, 5) is 19.2. The van der Waals surface area contributed by atoms with Gasteiger partial charge in [-0.1, -0.05) is 36.4 Å². The highest BCUT2D eigenvalue weighted by molar-refractivity contribution is 5.49. The number of halogens is 3. The number of fused-ring (bicyclic) bond motifs is 1. The van der Waals surface area contributed by atoms with Gasteiger partial charge in [0.15, 0.2) is 0 Å². The van der Waals surface area contributed by atoms with Crippen LogP contribution in [0.4, 0.5) is 24.7 Å². The second kappa shape index (κ2) is 13.2. The van der Waals surface area contributed by atoms with E-state index in [-0.39, 0.29) is 17.9 Å². The minimum atomic E-state index is -4.31. The number of piperazine rings is 1. The number of hydrogen-bond acceptors (Lipinski definition) is 7. The van der Waals surface area contributed by atoms with Gasteiger partial charge >= 0.3 is 18.0 Å². The number of aryl methyl sites for hydroxylation is 3. The Morgan fingerprint density at radius 1 is 0.867 bits per heavy atom. The van der Waals surface area contributed by atoms with Gasteiger partial charge in [-0.2, -0.15) is 13.2 Å². The van der Waals surface area contributed by atoms with Crippen molar-refractivity contribution in [1.29, 1.82) is 0 Å². The monoisotopic (exact) mass is 621 g/mol. The summed E-state index contributed by atoms with van der Waals surface area (Å²) < 4.78 is 51.7. The molecule has 3 heterocycles. The van der Waals surface area contributed by atoms with Gasteiger partial charge in [0.05, 0.1) is 5.56 Å². The van der Waals surface area contributed by atoms with E-state index in [0.717, 1.165) is 68.3 Å². The Kier molecular flexibility index (Phi) is 8.92. The van der Waals surface area contributed by atoms with Crippen molar-refractivity contribution < 1.29 is 27.6 Å². The first kappa shape index (κ1) is 30.4. The van der Waals surface area contributed by atoms with E-state index >= 15 is 0 Å². The molecule has 0 bridgehead atoms. The minimum absolute atomic E-state index is 0.216. The molecular formula is C33H34F3N5O4. The van der Waals surface area contributed by atoms with Crippen LogP contribution < -0.4 is 14.4 Å². The molecule has 1 atom stereocenters. The van der Waals surface area contributed by atoms with E-state index in [1.165, 1.54) is 17.3 Å². The molecule has 0 aliphatic carbocycles. The van der Waals surface area contributed by atoms with Crippen molar-refractivity contribution >= 4 is 11.5 Å². The normalized spacial score (nSPS) is 17.0. The molecule has 3 aromatic carbocycles. The lowest BCUT2D eigenvalue weighted by Gasteiger charge is -2.36. The Hall–Kier alpha value is -4.58. The van der Waals surface area contributed by atoms with Crippen LogP contribution in [-0.4, -0.2) is 58.3 Å². The Bertz CT molecular complexity index is 1580. The largest absolute Gasteiger partial charge is 0.490 e. The predicted octanol–water partition coefficient (Wildman–Crippen LogP) is 6.15. The van der Waals surface area contributed by atoms with Gasteiger partial charge in [-0.05, 0) is 70.9 Å². The van der Waals surface area contributed by atoms with Crippen LogP contribution in [-0.2, 0) is 32.1 Å². The van der Waals surface area contributed by atoms with Gasteiger partial charge < -0.3 is 24.5 Å². The second-order valence-electron chi connectivity index (χ2n) is 11.4. The zero-order valence-electron chi connectivity index (χ0n) is 24.7. The molecule has 0 saturated carbocycles. The molecule has 12 heteroatoms. The van der Waals surface area contributed by atoms with Crippen molar-refractivity contribution in [3.8, 4) is 11.8 Å². The lowest BCUT2D eigenvalue weighted by atomic mass is 10.0. The first-order valence-corrected chi connectivity index (χ1v) is 15.0. The molecule has 45 heavy (non-hydrogen) atoms. The number of rotatable bonds is 10. The van der Waals surface area contributed by atoms with Crippen molar-refractivity contribution in [2.45, 2.75) is 44.6 Å². The smallest absolute Gasteiger partial charge is 0.416 e. The highest BCUT2D eigenvalue weighted by Gasteiger charge is 2.30. The van der Waals surface area contributed by atoms with Gasteiger partial charge in [-0.15, -0.1) is 0 Å². The quantitative estimate of drug-likeness (QED) is 0.155. The summed E-state index contributed by atoms with van der Waals surface area (Å²) in [5.41, 5.74) is 3.83. The van der Waals surface area contributed by atoms with Gasteiger partial charge in [0.2, 0.25) is 0 Å². The number of aromatic nitrogens is 2. The molecule has 0 spiro atoms. The third-order valence-electron chi connectivity index (χ3n) is 8.30. The number of imidazole rings is 1. The van der Waals surface area contributed by atoms with Crippen molar-refractivity contribution in [3.05, 3.63) is 111 Å². The fourth-order valence-corrected chi connectivity index (χ4v) is 5.66. The van der Waals surface area contributed by atoms with Crippen LogP contribution >= 0.6 is 0 Å². The molecule has 1 saturated heterocycles. The van der Waals surface area contributed by atoms with E-state index in [4.69, 9.17) is 9.47 Å². The first-order valence-electron chi connectivity index (χ1n) is 15.0. The molecular weight excluding hydrogens is 587 g/mol. The van der Waals surface area contributed by atoms with E-state index in [2.05, 4.69) is 51.2 Å². The highest BCUT2D eigenvalue weighted by Crippen LogP contribution is 2.29. The zero-order chi connectivity index (χ0) is 31.4. The average molecular weight is 622 g/mol. The topological polar surface area (TPSA) is 85.9 Å². The molecule has 2 aliphatic rings. The van der Waals surface area contributed by atoms with Crippen LogP contribution in [0.25, 0.3) is 0 Å². The van der Waals surface area contributed by atoms with E-state index < -0.39 is 16.7 Å². The second-order valence-corrected chi connectivity index (χ2v) is 11.4. The summed E-state index contributed by atoms with van der Waals surface area (Å²) in [6, 6.07) is 22.2.